The van der Waals surface area contributed by atoms with Crippen LogP contribution in [0.2, 0.25) is 0 Å². The fourth-order valence-electron chi connectivity index (χ4n) is 5.74. The molecule has 6 rings (SSSR count). The lowest BCUT2D eigenvalue weighted by atomic mass is 9.95. The fraction of sp³-hybridized carbons (Fsp3) is 0.333. The molecule has 0 unspecified atom stereocenters. The first kappa shape index (κ1) is 29.3. The number of carbonyl (C=O) groups excluding carboxylic acids is 1. The maximum absolute atomic E-state index is 15.2. The van der Waals surface area contributed by atoms with Crippen LogP contribution in [0.1, 0.15) is 35.5 Å². The Labute approximate surface area is 256 Å². The molecule has 1 fully saturated rings. The van der Waals surface area contributed by atoms with E-state index < -0.39 is 11.4 Å². The molecule has 11 heteroatoms. The Kier molecular flexibility index (Phi) is 7.81. The number of fused-ring (bicyclic) bond motifs is 1. The molecular formula is C33H36FN7O3. The van der Waals surface area contributed by atoms with Crippen LogP contribution in [0.3, 0.4) is 0 Å². The summed E-state index contributed by atoms with van der Waals surface area (Å²) >= 11 is 0. The van der Waals surface area contributed by atoms with Crippen molar-refractivity contribution >= 4 is 23.2 Å². The predicted octanol–water partition coefficient (Wildman–Crippen LogP) is 5.08. The number of piperazine rings is 1. The molecule has 4 heterocycles. The summed E-state index contributed by atoms with van der Waals surface area (Å²) in [5, 5.41) is 3.20. The molecule has 0 bridgehead atoms. The summed E-state index contributed by atoms with van der Waals surface area (Å²) in [7, 11) is 5.33. The summed E-state index contributed by atoms with van der Waals surface area (Å²) in [5.41, 5.74) is 3.37. The number of nitrogens with one attached hydrogen (secondary N) is 1. The molecule has 2 aromatic heterocycles. The van der Waals surface area contributed by atoms with Crippen LogP contribution in [0.4, 0.5) is 21.7 Å². The van der Waals surface area contributed by atoms with Crippen molar-refractivity contribution in [3.63, 3.8) is 0 Å². The molecule has 4 aromatic rings. The molecule has 2 aliphatic heterocycles. The van der Waals surface area contributed by atoms with E-state index in [-0.39, 0.29) is 28.9 Å². The van der Waals surface area contributed by atoms with Gasteiger partial charge in [-0.15, -0.1) is 0 Å². The number of likely N-dealkylation sites (N-methyl/N-ethyl adjacent to an activating group) is 1. The van der Waals surface area contributed by atoms with Crippen molar-refractivity contribution in [1.29, 1.82) is 0 Å². The van der Waals surface area contributed by atoms with Gasteiger partial charge in [0.05, 0.1) is 37.3 Å². The molecule has 228 valence electrons. The molecule has 1 saturated heterocycles. The molecule has 0 atom stereocenters. The number of amides is 1. The summed E-state index contributed by atoms with van der Waals surface area (Å²) in [4.78, 5) is 33.3. The van der Waals surface area contributed by atoms with Crippen molar-refractivity contribution in [3.8, 4) is 22.9 Å². The van der Waals surface area contributed by atoms with Gasteiger partial charge in [-0.25, -0.2) is 19.3 Å². The average Bonchev–Trinajstić information content (AvgIpc) is 3.22. The van der Waals surface area contributed by atoms with Crippen LogP contribution in [0.5, 0.6) is 11.5 Å². The Bertz CT molecular complexity index is 1690. The lowest BCUT2D eigenvalue weighted by Gasteiger charge is -2.34. The highest BCUT2D eigenvalue weighted by Gasteiger charge is 2.44. The highest BCUT2D eigenvalue weighted by Crippen LogP contribution is 2.40. The van der Waals surface area contributed by atoms with E-state index in [0.29, 0.717) is 18.0 Å². The van der Waals surface area contributed by atoms with Gasteiger partial charge in [-0.3, -0.25) is 4.79 Å². The number of aromatic nitrogens is 3. The zero-order chi connectivity index (χ0) is 31.0. The Balaban J connectivity index is 1.27. The zero-order valence-electron chi connectivity index (χ0n) is 25.6. The molecule has 0 aliphatic carbocycles. The zero-order valence-corrected chi connectivity index (χ0v) is 25.6. The molecule has 1 amide bonds. The first-order valence-corrected chi connectivity index (χ1v) is 14.6. The van der Waals surface area contributed by atoms with Crippen LogP contribution < -0.4 is 19.7 Å². The van der Waals surface area contributed by atoms with Gasteiger partial charge in [0.1, 0.15) is 22.9 Å². The normalized spacial score (nSPS) is 16.2. The van der Waals surface area contributed by atoms with Gasteiger partial charge in [0.25, 0.3) is 5.91 Å². The van der Waals surface area contributed by atoms with Gasteiger partial charge in [0.2, 0.25) is 5.95 Å². The van der Waals surface area contributed by atoms with E-state index in [4.69, 9.17) is 9.47 Å². The van der Waals surface area contributed by atoms with Gasteiger partial charge in [-0.1, -0.05) is 18.2 Å². The molecule has 2 aliphatic rings. The lowest BCUT2D eigenvalue weighted by molar-refractivity contribution is 0.0592. The van der Waals surface area contributed by atoms with Gasteiger partial charge in [0, 0.05) is 44.0 Å². The average molecular weight is 598 g/mol. The van der Waals surface area contributed by atoms with E-state index in [1.165, 1.54) is 0 Å². The quantitative estimate of drug-likeness (QED) is 0.298. The first-order chi connectivity index (χ1) is 21.2. The SMILES string of the molecule is COc1ccc(CN2C(=O)c3nc(-c4nc(Nc5cc(N6CCN(C)CC6)ccc5OC)ncc4F)ccc3C2(C)C)cc1. The van der Waals surface area contributed by atoms with Crippen molar-refractivity contribution < 1.29 is 18.7 Å². The summed E-state index contributed by atoms with van der Waals surface area (Å²) < 4.78 is 26.0. The highest BCUT2D eigenvalue weighted by atomic mass is 19.1. The molecule has 0 radical (unpaired) electrons. The third kappa shape index (κ3) is 5.50. The third-order valence-electron chi connectivity index (χ3n) is 8.46. The summed E-state index contributed by atoms with van der Waals surface area (Å²) in [6.07, 6.45) is 1.11. The molecule has 1 N–H and O–H groups in total. The Morgan fingerprint density at radius 3 is 2.39 bits per heavy atom. The van der Waals surface area contributed by atoms with Crippen LogP contribution in [-0.2, 0) is 12.1 Å². The second-order valence-corrected chi connectivity index (χ2v) is 11.6. The van der Waals surface area contributed by atoms with Crippen LogP contribution in [0, 0.1) is 5.82 Å². The van der Waals surface area contributed by atoms with E-state index in [0.717, 1.165) is 54.9 Å². The summed E-state index contributed by atoms with van der Waals surface area (Å²) in [5.74, 6) is 0.683. The number of ether oxygens (including phenoxy) is 2. The fourth-order valence-corrected chi connectivity index (χ4v) is 5.74. The highest BCUT2D eigenvalue weighted by molar-refractivity contribution is 5.98. The number of pyridine rings is 1. The van der Waals surface area contributed by atoms with E-state index in [9.17, 15) is 4.79 Å². The molecule has 10 nitrogen and oxygen atoms in total. The molecule has 0 saturated carbocycles. The Morgan fingerprint density at radius 2 is 1.68 bits per heavy atom. The second kappa shape index (κ2) is 11.7. The lowest BCUT2D eigenvalue weighted by Crippen LogP contribution is -2.44. The smallest absolute Gasteiger partial charge is 0.273 e. The molecule has 2 aromatic carbocycles. The molecular weight excluding hydrogens is 561 g/mol. The van der Waals surface area contributed by atoms with E-state index in [1.54, 1.807) is 25.2 Å². The van der Waals surface area contributed by atoms with Crippen molar-refractivity contribution in [3.05, 3.63) is 83.4 Å². The Hall–Kier alpha value is -4.77. The van der Waals surface area contributed by atoms with Gasteiger partial charge < -0.3 is 29.5 Å². The number of hydrogen-bond acceptors (Lipinski definition) is 9. The maximum Gasteiger partial charge on any atom is 0.273 e. The predicted molar refractivity (Wildman–Crippen MR) is 167 cm³/mol. The monoisotopic (exact) mass is 597 g/mol. The van der Waals surface area contributed by atoms with E-state index in [1.807, 2.05) is 62.4 Å². The minimum absolute atomic E-state index is 0.00120. The number of rotatable bonds is 8. The van der Waals surface area contributed by atoms with Gasteiger partial charge in [-0.05, 0) is 62.9 Å². The van der Waals surface area contributed by atoms with E-state index >= 15 is 4.39 Å². The minimum Gasteiger partial charge on any atom is -0.497 e. The third-order valence-corrected chi connectivity index (χ3v) is 8.46. The largest absolute Gasteiger partial charge is 0.497 e. The van der Waals surface area contributed by atoms with Crippen molar-refractivity contribution in [1.82, 2.24) is 24.8 Å². The van der Waals surface area contributed by atoms with Gasteiger partial charge in [-0.2, -0.15) is 0 Å². The van der Waals surface area contributed by atoms with Gasteiger partial charge in [0.15, 0.2) is 5.82 Å². The Morgan fingerprint density at radius 1 is 0.932 bits per heavy atom. The summed E-state index contributed by atoms with van der Waals surface area (Å²) in [6, 6.07) is 17.1. The van der Waals surface area contributed by atoms with Crippen LogP contribution in [0.15, 0.2) is 60.8 Å². The van der Waals surface area contributed by atoms with Crippen molar-refractivity contribution in [2.75, 3.05) is 57.7 Å². The van der Waals surface area contributed by atoms with Gasteiger partial charge >= 0.3 is 0 Å². The number of carbonyl (C=O) groups is 1. The molecule has 0 spiro atoms. The number of hydrogen-bond donors (Lipinski definition) is 1. The topological polar surface area (TPSA) is 95.9 Å². The maximum atomic E-state index is 15.2. The van der Waals surface area contributed by atoms with Crippen LogP contribution in [0.25, 0.3) is 11.4 Å². The number of methoxy groups -OCH3 is 2. The first-order valence-electron chi connectivity index (χ1n) is 14.6. The number of nitrogens with zero attached hydrogens (tertiary/aromatic N) is 6. The number of benzene rings is 2. The minimum atomic E-state index is -0.638. The van der Waals surface area contributed by atoms with Crippen LogP contribution >= 0.6 is 0 Å². The number of anilines is 3. The standard InChI is InChI=1S/C33H36FN7O3/c1-33(2)24-11-12-26(36-29(24)31(42)41(33)20-21-6-9-23(43-4)10-7-21)30-25(34)19-35-32(38-30)37-27-18-22(8-13-28(27)44-5)40-16-14-39(3)15-17-40/h6-13,18-19H,14-17,20H2,1-5H3,(H,35,37,38). The second-order valence-electron chi connectivity index (χ2n) is 11.6. The van der Waals surface area contributed by atoms with E-state index in [2.05, 4.69) is 37.1 Å². The summed E-state index contributed by atoms with van der Waals surface area (Å²) in [6.45, 7) is 8.15. The number of halogens is 1. The van der Waals surface area contributed by atoms with Crippen LogP contribution in [-0.4, -0.2) is 78.1 Å². The van der Waals surface area contributed by atoms with Crippen molar-refractivity contribution in [2.24, 2.45) is 0 Å². The van der Waals surface area contributed by atoms with Crippen molar-refractivity contribution in [2.45, 2.75) is 25.9 Å². The molecule has 44 heavy (non-hydrogen) atoms.